The molecule has 0 saturated heterocycles. The maximum atomic E-state index is 8.96. The third-order valence-electron chi connectivity index (χ3n) is 3.40. The van der Waals surface area contributed by atoms with E-state index in [2.05, 4.69) is 20.3 Å². The molecule has 0 bridgehead atoms. The summed E-state index contributed by atoms with van der Waals surface area (Å²) in [6.07, 6.45) is 0. The molecule has 0 amide bonds. The Morgan fingerprint density at radius 1 is 0.960 bits per heavy atom. The van der Waals surface area contributed by atoms with Gasteiger partial charge in [-0.15, -0.1) is 5.23 Å². The second kappa shape index (κ2) is 7.20. The molecule has 9 heteroatoms. The van der Waals surface area contributed by atoms with E-state index in [1.807, 2.05) is 13.0 Å². The van der Waals surface area contributed by atoms with Crippen molar-refractivity contribution in [2.75, 3.05) is 10.5 Å². The fraction of sp³-hybridized carbons (Fsp3) is 0.0625. The number of aromatic nitrogens is 3. The summed E-state index contributed by atoms with van der Waals surface area (Å²) in [5.41, 5.74) is 2.57. The molecule has 0 saturated carbocycles. The summed E-state index contributed by atoms with van der Waals surface area (Å²) in [5.74, 6) is 0.656. The first-order chi connectivity index (χ1) is 11.9. The second-order valence-corrected chi connectivity index (χ2v) is 5.95. The van der Waals surface area contributed by atoms with Crippen LogP contribution in [0.25, 0.3) is 11.4 Å². The van der Waals surface area contributed by atoms with Gasteiger partial charge in [0.15, 0.2) is 5.82 Å². The van der Waals surface area contributed by atoms with Gasteiger partial charge in [-0.3, -0.25) is 10.4 Å². The van der Waals surface area contributed by atoms with E-state index >= 15 is 0 Å². The number of hydrogen-bond acceptors (Lipinski definition) is 7. The van der Waals surface area contributed by atoms with Gasteiger partial charge in [-0.25, -0.2) is 0 Å². The molecule has 0 aliphatic carbocycles. The van der Waals surface area contributed by atoms with Gasteiger partial charge in [0, 0.05) is 16.3 Å². The van der Waals surface area contributed by atoms with Crippen molar-refractivity contribution in [3.8, 4) is 11.4 Å². The lowest BCUT2D eigenvalue weighted by Crippen LogP contribution is -2.10. The largest absolute Gasteiger partial charge is 0.324 e. The number of nitrogens with zero attached hydrogens (tertiary/aromatic N) is 4. The normalized spacial score (nSPS) is 10.6. The molecule has 0 atom stereocenters. The van der Waals surface area contributed by atoms with Crippen molar-refractivity contribution in [3.63, 3.8) is 0 Å². The zero-order valence-corrected chi connectivity index (χ0v) is 14.5. The van der Waals surface area contributed by atoms with E-state index in [1.165, 1.54) is 12.1 Å². The molecule has 25 heavy (non-hydrogen) atoms. The molecule has 0 radical (unpaired) electrons. The van der Waals surface area contributed by atoms with Gasteiger partial charge < -0.3 is 5.32 Å². The van der Waals surface area contributed by atoms with Crippen molar-refractivity contribution < 1.29 is 10.4 Å². The zero-order valence-electron chi connectivity index (χ0n) is 13.0. The Morgan fingerprint density at radius 3 is 2.36 bits per heavy atom. The molecule has 0 spiro atoms. The molecular formula is C16H13Cl2N5O2. The van der Waals surface area contributed by atoms with Crippen molar-refractivity contribution in [2.45, 2.75) is 6.92 Å². The number of hydrogen-bond donors (Lipinski definition) is 3. The summed E-state index contributed by atoms with van der Waals surface area (Å²) in [7, 11) is 0. The van der Waals surface area contributed by atoms with Crippen LogP contribution in [0, 0.1) is 6.92 Å². The van der Waals surface area contributed by atoms with E-state index in [4.69, 9.17) is 33.6 Å². The van der Waals surface area contributed by atoms with Crippen LogP contribution in [-0.4, -0.2) is 25.4 Å². The van der Waals surface area contributed by atoms with Gasteiger partial charge in [-0.2, -0.15) is 15.0 Å². The van der Waals surface area contributed by atoms with Gasteiger partial charge in [-0.1, -0.05) is 17.7 Å². The molecule has 0 aliphatic rings. The third kappa shape index (κ3) is 4.15. The van der Waals surface area contributed by atoms with Crippen molar-refractivity contribution in [3.05, 3.63) is 58.3 Å². The highest BCUT2D eigenvalue weighted by Crippen LogP contribution is 2.26. The van der Waals surface area contributed by atoms with Crippen molar-refractivity contribution in [1.29, 1.82) is 0 Å². The quantitative estimate of drug-likeness (QED) is 0.576. The fourth-order valence-corrected chi connectivity index (χ4v) is 2.50. The zero-order chi connectivity index (χ0) is 18.0. The summed E-state index contributed by atoms with van der Waals surface area (Å²) in [5, 5.41) is 21.6. The standard InChI is InChI=1S/C16H13Cl2N5O2/c1-9-2-3-10(17)8-13(9)14-20-15(18)22-16(21-14)19-11-4-6-12(7-5-11)23(24)25/h2-8,24-25H,1H3,(H,19,20,21,22). The molecule has 7 nitrogen and oxygen atoms in total. The van der Waals surface area contributed by atoms with E-state index in [0.29, 0.717) is 16.5 Å². The highest BCUT2D eigenvalue weighted by Gasteiger charge is 2.11. The van der Waals surface area contributed by atoms with Crippen molar-refractivity contribution in [1.82, 2.24) is 15.0 Å². The van der Waals surface area contributed by atoms with Crippen LogP contribution in [0.5, 0.6) is 0 Å². The van der Waals surface area contributed by atoms with Crippen LogP contribution in [0.2, 0.25) is 10.3 Å². The minimum absolute atomic E-state index is 0.0314. The summed E-state index contributed by atoms with van der Waals surface area (Å²) in [4.78, 5) is 12.6. The molecule has 3 aromatic rings. The van der Waals surface area contributed by atoms with Gasteiger partial charge in [0.05, 0.1) is 5.69 Å². The average molecular weight is 378 g/mol. The van der Waals surface area contributed by atoms with E-state index in [0.717, 1.165) is 11.1 Å². The van der Waals surface area contributed by atoms with E-state index in [-0.39, 0.29) is 22.1 Å². The van der Waals surface area contributed by atoms with Gasteiger partial charge >= 0.3 is 0 Å². The third-order valence-corrected chi connectivity index (χ3v) is 3.81. The average Bonchev–Trinajstić information content (AvgIpc) is 2.57. The summed E-state index contributed by atoms with van der Waals surface area (Å²) in [6, 6.07) is 11.7. The topological polar surface area (TPSA) is 94.4 Å². The predicted octanol–water partition coefficient (Wildman–Crippen LogP) is 4.48. The fourth-order valence-electron chi connectivity index (χ4n) is 2.17. The first-order valence-corrected chi connectivity index (χ1v) is 7.91. The lowest BCUT2D eigenvalue weighted by atomic mass is 10.1. The van der Waals surface area contributed by atoms with E-state index < -0.39 is 0 Å². The van der Waals surface area contributed by atoms with Crippen LogP contribution in [0.4, 0.5) is 17.3 Å². The highest BCUT2D eigenvalue weighted by molar-refractivity contribution is 6.31. The molecule has 3 N–H and O–H groups in total. The number of rotatable bonds is 4. The first-order valence-electron chi connectivity index (χ1n) is 7.15. The molecular weight excluding hydrogens is 365 g/mol. The number of halogens is 2. The molecule has 1 heterocycles. The monoisotopic (exact) mass is 377 g/mol. The molecule has 128 valence electrons. The Hall–Kier alpha value is -2.45. The Morgan fingerprint density at radius 2 is 1.68 bits per heavy atom. The van der Waals surface area contributed by atoms with Gasteiger partial charge in [0.2, 0.25) is 11.2 Å². The maximum absolute atomic E-state index is 8.96. The smallest absolute Gasteiger partial charge is 0.232 e. The lowest BCUT2D eigenvalue weighted by molar-refractivity contribution is 0.0292. The van der Waals surface area contributed by atoms with Crippen LogP contribution >= 0.6 is 23.2 Å². The summed E-state index contributed by atoms with van der Waals surface area (Å²) in [6.45, 7) is 1.92. The van der Waals surface area contributed by atoms with Crippen molar-refractivity contribution in [2.24, 2.45) is 0 Å². The summed E-state index contributed by atoms with van der Waals surface area (Å²) >= 11 is 12.1. The molecule has 0 unspecified atom stereocenters. The minimum atomic E-state index is 0.0314. The minimum Gasteiger partial charge on any atom is -0.324 e. The van der Waals surface area contributed by atoms with E-state index in [9.17, 15) is 0 Å². The van der Waals surface area contributed by atoms with Gasteiger partial charge in [0.25, 0.3) is 0 Å². The van der Waals surface area contributed by atoms with Crippen LogP contribution in [-0.2, 0) is 0 Å². The molecule has 0 aliphatic heterocycles. The number of benzene rings is 2. The van der Waals surface area contributed by atoms with Gasteiger partial charge in [0.1, 0.15) is 0 Å². The number of nitrogens with one attached hydrogen (secondary N) is 1. The van der Waals surface area contributed by atoms with Crippen molar-refractivity contribution >= 4 is 40.5 Å². The maximum Gasteiger partial charge on any atom is 0.232 e. The Labute approximate surface area is 153 Å². The van der Waals surface area contributed by atoms with Gasteiger partial charge in [-0.05, 0) is 60.5 Å². The van der Waals surface area contributed by atoms with Crippen LogP contribution < -0.4 is 10.5 Å². The van der Waals surface area contributed by atoms with Crippen LogP contribution in [0.3, 0.4) is 0 Å². The number of aryl methyl sites for hydroxylation is 1. The SMILES string of the molecule is Cc1ccc(Cl)cc1-c1nc(Cl)nc(Nc2ccc(N(O)O)cc2)n1. The Balaban J connectivity index is 1.93. The highest BCUT2D eigenvalue weighted by atomic mass is 35.5. The second-order valence-electron chi connectivity index (χ2n) is 5.17. The first kappa shape index (κ1) is 17.4. The molecule has 2 aromatic carbocycles. The van der Waals surface area contributed by atoms with Crippen LogP contribution in [0.1, 0.15) is 5.56 Å². The Bertz CT molecular complexity index is 904. The molecule has 0 fully saturated rings. The predicted molar refractivity (Wildman–Crippen MR) is 95.8 cm³/mol. The molecule has 3 rings (SSSR count). The number of anilines is 3. The molecule has 1 aromatic heterocycles. The summed E-state index contributed by atoms with van der Waals surface area (Å²) < 4.78 is 0. The lowest BCUT2D eigenvalue weighted by Gasteiger charge is -2.10. The van der Waals surface area contributed by atoms with Crippen LogP contribution in [0.15, 0.2) is 42.5 Å². The Kier molecular flexibility index (Phi) is 5.00. The van der Waals surface area contributed by atoms with E-state index in [1.54, 1.807) is 24.3 Å².